The summed E-state index contributed by atoms with van der Waals surface area (Å²) >= 11 is 13.8. The Bertz CT molecular complexity index is 1090. The number of aromatic nitrogens is 4. The van der Waals surface area contributed by atoms with Gasteiger partial charge in [0, 0.05) is 33.6 Å². The molecule has 2 heterocycles. The number of anilines is 1. The van der Waals surface area contributed by atoms with E-state index in [2.05, 4.69) is 37.1 Å². The molecule has 0 saturated carbocycles. The third kappa shape index (κ3) is 4.28. The largest absolute Gasteiger partial charge is 0.358 e. The highest BCUT2D eigenvalue weighted by atomic mass is 35.5. The highest BCUT2D eigenvalue weighted by Gasteiger charge is 2.13. The first-order chi connectivity index (χ1) is 13.6. The summed E-state index contributed by atoms with van der Waals surface area (Å²) in [6.45, 7) is 0.699. The lowest BCUT2D eigenvalue weighted by Crippen LogP contribution is -2.34. The Hall–Kier alpha value is -2.19. The molecule has 6 nitrogen and oxygen atoms in total. The zero-order chi connectivity index (χ0) is 19.5. The van der Waals surface area contributed by atoms with Crippen LogP contribution in [0, 0.1) is 0 Å². The van der Waals surface area contributed by atoms with Crippen LogP contribution in [0.4, 0.5) is 5.13 Å². The molecule has 28 heavy (non-hydrogen) atoms. The maximum atomic E-state index is 6.29. The monoisotopic (exact) mass is 432 g/mol. The van der Waals surface area contributed by atoms with Crippen LogP contribution in [0.15, 0.2) is 42.6 Å². The standard InChI is InChI=1S/C19H18Cl2N6S/c1-22-15(7-11-2-4-14(20)8-16(11)21)10-23-19-27-26-18(28-19)12-3-5-17-13(6-12)9-24-25-17/h2-6,8-9,15,22H,7,10H2,1H3,(H,23,27)(H,24,25). The number of nitrogens with one attached hydrogen (secondary N) is 3. The van der Waals surface area contributed by atoms with Crippen molar-refractivity contribution in [2.24, 2.45) is 0 Å². The molecule has 0 aliphatic rings. The zero-order valence-corrected chi connectivity index (χ0v) is 17.4. The van der Waals surface area contributed by atoms with E-state index in [1.165, 1.54) is 11.3 Å². The van der Waals surface area contributed by atoms with Crippen LogP contribution in [0.3, 0.4) is 0 Å². The Balaban J connectivity index is 1.41. The van der Waals surface area contributed by atoms with Gasteiger partial charge in [-0.3, -0.25) is 5.10 Å². The Morgan fingerprint density at radius 1 is 1.14 bits per heavy atom. The first-order valence-corrected chi connectivity index (χ1v) is 10.3. The number of benzene rings is 2. The second-order valence-corrected chi connectivity index (χ2v) is 8.21. The first-order valence-electron chi connectivity index (χ1n) is 8.74. The molecule has 2 aromatic carbocycles. The fourth-order valence-electron chi connectivity index (χ4n) is 2.93. The molecule has 0 amide bonds. The summed E-state index contributed by atoms with van der Waals surface area (Å²) < 4.78 is 0. The van der Waals surface area contributed by atoms with Gasteiger partial charge in [-0.2, -0.15) is 5.10 Å². The minimum atomic E-state index is 0.188. The predicted octanol–water partition coefficient (Wildman–Crippen LogP) is 4.63. The van der Waals surface area contributed by atoms with Gasteiger partial charge in [0.05, 0.1) is 11.7 Å². The second-order valence-electron chi connectivity index (χ2n) is 6.39. The van der Waals surface area contributed by atoms with Crippen molar-refractivity contribution in [1.29, 1.82) is 0 Å². The zero-order valence-electron chi connectivity index (χ0n) is 15.0. The maximum Gasteiger partial charge on any atom is 0.206 e. The fraction of sp³-hybridized carbons (Fsp3) is 0.211. The highest BCUT2D eigenvalue weighted by molar-refractivity contribution is 7.18. The fourth-order valence-corrected chi connectivity index (χ4v) is 4.16. The molecule has 1 unspecified atom stereocenters. The minimum Gasteiger partial charge on any atom is -0.358 e. The summed E-state index contributed by atoms with van der Waals surface area (Å²) in [6.07, 6.45) is 2.58. The van der Waals surface area contributed by atoms with Crippen LogP contribution in [0.2, 0.25) is 10.0 Å². The molecule has 3 N–H and O–H groups in total. The lowest BCUT2D eigenvalue weighted by Gasteiger charge is -2.17. The van der Waals surface area contributed by atoms with E-state index in [-0.39, 0.29) is 6.04 Å². The van der Waals surface area contributed by atoms with E-state index in [1.54, 1.807) is 12.3 Å². The normalized spacial score (nSPS) is 12.4. The smallest absolute Gasteiger partial charge is 0.206 e. The maximum absolute atomic E-state index is 6.29. The van der Waals surface area contributed by atoms with Gasteiger partial charge in [-0.15, -0.1) is 10.2 Å². The molecule has 144 valence electrons. The predicted molar refractivity (Wildman–Crippen MR) is 117 cm³/mol. The van der Waals surface area contributed by atoms with Crippen LogP contribution in [0.25, 0.3) is 21.5 Å². The third-order valence-electron chi connectivity index (χ3n) is 4.50. The van der Waals surface area contributed by atoms with Crippen LogP contribution in [0.1, 0.15) is 5.56 Å². The van der Waals surface area contributed by atoms with Crippen molar-refractivity contribution in [2.75, 3.05) is 18.9 Å². The summed E-state index contributed by atoms with van der Waals surface area (Å²) in [5.74, 6) is 0. The van der Waals surface area contributed by atoms with Gasteiger partial charge in [-0.1, -0.05) is 40.6 Å². The van der Waals surface area contributed by atoms with Gasteiger partial charge in [-0.25, -0.2) is 0 Å². The van der Waals surface area contributed by atoms with E-state index >= 15 is 0 Å². The van der Waals surface area contributed by atoms with Crippen molar-refractivity contribution in [3.05, 3.63) is 58.2 Å². The van der Waals surface area contributed by atoms with Gasteiger partial charge in [0.15, 0.2) is 0 Å². The summed E-state index contributed by atoms with van der Waals surface area (Å²) in [5.41, 5.74) is 3.08. The van der Waals surface area contributed by atoms with Gasteiger partial charge < -0.3 is 10.6 Å². The quantitative estimate of drug-likeness (QED) is 0.396. The summed E-state index contributed by atoms with van der Waals surface area (Å²) in [7, 11) is 1.93. The average Bonchev–Trinajstić information content (AvgIpc) is 3.35. The number of nitrogens with zero attached hydrogens (tertiary/aromatic N) is 3. The molecule has 0 aliphatic heterocycles. The van der Waals surface area contributed by atoms with Gasteiger partial charge >= 0.3 is 0 Å². The average molecular weight is 433 g/mol. The lowest BCUT2D eigenvalue weighted by molar-refractivity contribution is 0.583. The van der Waals surface area contributed by atoms with Crippen molar-refractivity contribution < 1.29 is 0 Å². The Morgan fingerprint density at radius 2 is 2.04 bits per heavy atom. The van der Waals surface area contributed by atoms with Crippen LogP contribution in [0.5, 0.6) is 0 Å². The molecule has 0 fully saturated rings. The van der Waals surface area contributed by atoms with E-state index in [0.29, 0.717) is 16.6 Å². The molecule has 2 aromatic heterocycles. The van der Waals surface area contributed by atoms with Crippen LogP contribution >= 0.6 is 34.5 Å². The molecule has 4 rings (SSSR count). The number of aromatic amines is 1. The van der Waals surface area contributed by atoms with Crippen molar-refractivity contribution in [3.8, 4) is 10.6 Å². The molecular weight excluding hydrogens is 415 g/mol. The van der Waals surface area contributed by atoms with Crippen molar-refractivity contribution >= 4 is 50.6 Å². The number of hydrogen-bond donors (Lipinski definition) is 3. The molecule has 1 atom stereocenters. The van der Waals surface area contributed by atoms with Gasteiger partial charge in [0.1, 0.15) is 5.01 Å². The number of halogens is 2. The molecule has 0 radical (unpaired) electrons. The Kier molecular flexibility index (Phi) is 5.77. The van der Waals surface area contributed by atoms with Crippen molar-refractivity contribution in [1.82, 2.24) is 25.7 Å². The molecule has 0 spiro atoms. The number of fused-ring (bicyclic) bond motifs is 1. The molecule has 9 heteroatoms. The van der Waals surface area contributed by atoms with E-state index < -0.39 is 0 Å². The lowest BCUT2D eigenvalue weighted by atomic mass is 10.1. The number of H-pyrrole nitrogens is 1. The second kappa shape index (κ2) is 8.45. The number of hydrogen-bond acceptors (Lipinski definition) is 6. The van der Waals surface area contributed by atoms with Crippen molar-refractivity contribution in [3.63, 3.8) is 0 Å². The van der Waals surface area contributed by atoms with Crippen LogP contribution in [-0.2, 0) is 6.42 Å². The SMILES string of the molecule is CNC(CNc1nnc(-c2ccc3[nH]ncc3c2)s1)Cc1ccc(Cl)cc1Cl. The minimum absolute atomic E-state index is 0.188. The first kappa shape index (κ1) is 19.1. The van der Waals surface area contributed by atoms with Crippen molar-refractivity contribution in [2.45, 2.75) is 12.5 Å². The topological polar surface area (TPSA) is 78.5 Å². The van der Waals surface area contributed by atoms with Gasteiger partial charge in [0.25, 0.3) is 0 Å². The number of likely N-dealkylation sites (N-methyl/N-ethyl adjacent to an activating group) is 1. The highest BCUT2D eigenvalue weighted by Crippen LogP contribution is 2.28. The van der Waals surface area contributed by atoms with Crippen LogP contribution < -0.4 is 10.6 Å². The summed E-state index contributed by atoms with van der Waals surface area (Å²) in [6, 6.07) is 11.9. The molecular formula is C19H18Cl2N6S. The van der Waals surface area contributed by atoms with E-state index in [1.807, 2.05) is 31.3 Å². The van der Waals surface area contributed by atoms with E-state index in [9.17, 15) is 0 Å². The molecule has 0 aliphatic carbocycles. The molecule has 0 saturated heterocycles. The summed E-state index contributed by atoms with van der Waals surface area (Å²) in [4.78, 5) is 0. The van der Waals surface area contributed by atoms with Crippen LogP contribution in [-0.4, -0.2) is 40.0 Å². The summed E-state index contributed by atoms with van der Waals surface area (Å²) in [5, 5.41) is 26.3. The molecule has 4 aromatic rings. The molecule has 0 bridgehead atoms. The Labute approximate surface area is 176 Å². The van der Waals surface area contributed by atoms with E-state index in [0.717, 1.165) is 38.6 Å². The Morgan fingerprint density at radius 3 is 2.86 bits per heavy atom. The third-order valence-corrected chi connectivity index (χ3v) is 6.02. The van der Waals surface area contributed by atoms with E-state index in [4.69, 9.17) is 23.2 Å². The number of rotatable bonds is 7. The van der Waals surface area contributed by atoms with Gasteiger partial charge in [-0.05, 0) is 49.4 Å². The van der Waals surface area contributed by atoms with Gasteiger partial charge in [0.2, 0.25) is 5.13 Å².